The van der Waals surface area contributed by atoms with E-state index in [1.165, 1.54) is 6.21 Å². The summed E-state index contributed by atoms with van der Waals surface area (Å²) in [6.07, 6.45) is 2.52. The Morgan fingerprint density at radius 2 is 1.95 bits per heavy atom. The number of nitrogens with zero attached hydrogens (tertiary/aromatic N) is 1. The van der Waals surface area contributed by atoms with Crippen LogP contribution in [0.1, 0.15) is 24.2 Å². The van der Waals surface area contributed by atoms with Crippen molar-refractivity contribution < 1.29 is 14.4 Å². The average Bonchev–Trinajstić information content (AvgIpc) is 2.39. The Kier molecular flexibility index (Phi) is 5.57. The minimum Gasteiger partial charge on any atom is -0.298 e. The van der Waals surface area contributed by atoms with Gasteiger partial charge in [0.25, 0.3) is 5.91 Å². The Morgan fingerprint density at radius 3 is 2.53 bits per heavy atom. The number of oxime groups is 1. The zero-order valence-corrected chi connectivity index (χ0v) is 11.9. The van der Waals surface area contributed by atoms with Gasteiger partial charge in [-0.25, -0.2) is 4.79 Å². The van der Waals surface area contributed by atoms with Crippen LogP contribution >= 0.6 is 11.8 Å². The summed E-state index contributed by atoms with van der Waals surface area (Å²) in [4.78, 5) is 27.5. The monoisotopic (exact) mass is 280 g/mol. The topological polar surface area (TPSA) is 67.8 Å². The van der Waals surface area contributed by atoms with Gasteiger partial charge in [0.1, 0.15) is 0 Å². The summed E-state index contributed by atoms with van der Waals surface area (Å²) in [5, 5.41) is 5.63. The normalized spacial score (nSPS) is 11.3. The summed E-state index contributed by atoms with van der Waals surface area (Å²) in [6, 6.07) is 8.40. The van der Waals surface area contributed by atoms with Crippen molar-refractivity contribution in [2.24, 2.45) is 5.16 Å². The Morgan fingerprint density at radius 1 is 1.32 bits per heavy atom. The fourth-order valence-electron chi connectivity index (χ4n) is 1.03. The lowest BCUT2D eigenvalue weighted by Gasteiger charge is -2.13. The van der Waals surface area contributed by atoms with Crippen LogP contribution in [0.2, 0.25) is 0 Å². The lowest BCUT2D eigenvalue weighted by atomic mass is 10.2. The van der Waals surface area contributed by atoms with Gasteiger partial charge in [-0.15, -0.1) is 0 Å². The summed E-state index contributed by atoms with van der Waals surface area (Å²) in [6.45, 7) is 3.86. The van der Waals surface area contributed by atoms with Crippen LogP contribution in [0, 0.1) is 0 Å². The molecule has 0 saturated heterocycles. The van der Waals surface area contributed by atoms with Crippen LogP contribution in [0.5, 0.6) is 0 Å². The Labute approximate surface area is 116 Å². The molecule has 0 fully saturated rings. The number of hydrogen-bond donors (Lipinski definition) is 1. The number of hydrogen-bond acceptors (Lipinski definition) is 5. The van der Waals surface area contributed by atoms with Crippen molar-refractivity contribution in [2.75, 3.05) is 6.26 Å². The molecule has 0 bridgehead atoms. The van der Waals surface area contributed by atoms with Gasteiger partial charge in [-0.1, -0.05) is 23.4 Å². The molecule has 0 aromatic heterocycles. The van der Waals surface area contributed by atoms with E-state index in [1.807, 2.05) is 20.1 Å². The smallest absolute Gasteiger partial charge is 0.298 e. The number of benzene rings is 1. The van der Waals surface area contributed by atoms with Crippen LogP contribution in [0.25, 0.3) is 0 Å². The van der Waals surface area contributed by atoms with Gasteiger partial charge in [0.2, 0.25) is 0 Å². The maximum Gasteiger partial charge on any atom is 0.440 e. The van der Waals surface area contributed by atoms with E-state index >= 15 is 0 Å². The SMILES string of the molecule is CSC(C)(C)/C=N/OC(=O)NC(=O)c1ccccc1. The first-order valence-corrected chi connectivity index (χ1v) is 6.84. The predicted molar refractivity (Wildman–Crippen MR) is 76.5 cm³/mol. The maximum absolute atomic E-state index is 11.6. The number of imide groups is 1. The quantitative estimate of drug-likeness (QED) is 0.523. The molecule has 0 radical (unpaired) electrons. The average molecular weight is 280 g/mol. The summed E-state index contributed by atoms with van der Waals surface area (Å²) in [5.41, 5.74) is 0.382. The summed E-state index contributed by atoms with van der Waals surface area (Å²) in [7, 11) is 0. The second-order valence-electron chi connectivity index (χ2n) is 4.24. The van der Waals surface area contributed by atoms with Crippen molar-refractivity contribution in [1.82, 2.24) is 5.32 Å². The molecule has 0 spiro atoms. The highest BCUT2D eigenvalue weighted by molar-refractivity contribution is 8.00. The molecule has 0 aliphatic carbocycles. The number of amides is 2. The van der Waals surface area contributed by atoms with Gasteiger partial charge in [0.05, 0.1) is 6.21 Å². The molecule has 102 valence electrons. The van der Waals surface area contributed by atoms with Crippen molar-refractivity contribution in [3.05, 3.63) is 35.9 Å². The summed E-state index contributed by atoms with van der Waals surface area (Å²) in [5.74, 6) is -0.523. The van der Waals surface area contributed by atoms with E-state index < -0.39 is 12.0 Å². The maximum atomic E-state index is 11.6. The van der Waals surface area contributed by atoms with Gasteiger partial charge < -0.3 is 0 Å². The molecule has 0 aliphatic rings. The molecular formula is C13H16N2O3S. The standard InChI is InChI=1S/C13H16N2O3S/c1-13(2,19-3)9-14-18-12(17)15-11(16)10-7-5-4-6-8-10/h4-9H,1-3H3,(H,15,16,17)/b14-9+. The molecule has 0 saturated carbocycles. The Bertz CT molecular complexity index is 472. The van der Waals surface area contributed by atoms with E-state index in [0.717, 1.165) is 0 Å². The lowest BCUT2D eigenvalue weighted by molar-refractivity contribution is 0.0923. The van der Waals surface area contributed by atoms with Gasteiger partial charge in [-0.2, -0.15) is 11.8 Å². The van der Waals surface area contributed by atoms with Gasteiger partial charge in [0, 0.05) is 10.3 Å². The molecule has 1 N–H and O–H groups in total. The van der Waals surface area contributed by atoms with Gasteiger partial charge in [0.15, 0.2) is 0 Å². The highest BCUT2D eigenvalue weighted by Gasteiger charge is 2.14. The Hall–Kier alpha value is -1.82. The number of carbonyl (C=O) groups excluding carboxylic acids is 2. The van der Waals surface area contributed by atoms with Crippen molar-refractivity contribution in [2.45, 2.75) is 18.6 Å². The molecule has 5 nitrogen and oxygen atoms in total. The highest BCUT2D eigenvalue weighted by Crippen LogP contribution is 2.17. The molecule has 0 heterocycles. The first-order chi connectivity index (χ1) is 8.94. The number of nitrogens with one attached hydrogen (secondary N) is 1. The molecule has 2 amide bonds. The van der Waals surface area contributed by atoms with E-state index in [-0.39, 0.29) is 4.75 Å². The van der Waals surface area contributed by atoms with Crippen molar-refractivity contribution in [3.63, 3.8) is 0 Å². The number of carbonyl (C=O) groups is 2. The third kappa shape index (κ3) is 5.56. The number of rotatable bonds is 4. The van der Waals surface area contributed by atoms with Crippen molar-refractivity contribution >= 4 is 30.0 Å². The molecule has 19 heavy (non-hydrogen) atoms. The van der Waals surface area contributed by atoms with Crippen LogP contribution in [0.4, 0.5) is 4.79 Å². The molecule has 6 heteroatoms. The van der Waals surface area contributed by atoms with E-state index in [4.69, 9.17) is 0 Å². The van der Waals surface area contributed by atoms with E-state index in [2.05, 4.69) is 15.3 Å². The highest BCUT2D eigenvalue weighted by atomic mass is 32.2. The van der Waals surface area contributed by atoms with Crippen LogP contribution in [0.3, 0.4) is 0 Å². The van der Waals surface area contributed by atoms with Gasteiger partial charge in [-0.3, -0.25) is 14.9 Å². The zero-order valence-electron chi connectivity index (χ0n) is 11.0. The van der Waals surface area contributed by atoms with Crippen molar-refractivity contribution in [1.29, 1.82) is 0 Å². The third-order valence-electron chi connectivity index (χ3n) is 2.28. The molecular weight excluding hydrogens is 264 g/mol. The van der Waals surface area contributed by atoms with Crippen LogP contribution in [0.15, 0.2) is 35.5 Å². The number of thioether (sulfide) groups is 1. The fraction of sp³-hybridized carbons (Fsp3) is 0.308. The van der Waals surface area contributed by atoms with Gasteiger partial charge in [-0.05, 0) is 32.2 Å². The summed E-state index contributed by atoms with van der Waals surface area (Å²) >= 11 is 1.56. The molecule has 0 atom stereocenters. The van der Waals surface area contributed by atoms with Crippen LogP contribution in [-0.4, -0.2) is 29.2 Å². The molecule has 0 aliphatic heterocycles. The van der Waals surface area contributed by atoms with Gasteiger partial charge >= 0.3 is 6.09 Å². The molecule has 1 aromatic carbocycles. The molecule has 1 rings (SSSR count). The first kappa shape index (κ1) is 15.2. The minimum atomic E-state index is -0.901. The van der Waals surface area contributed by atoms with E-state index in [0.29, 0.717) is 5.56 Å². The van der Waals surface area contributed by atoms with Crippen molar-refractivity contribution in [3.8, 4) is 0 Å². The second-order valence-corrected chi connectivity index (χ2v) is 5.70. The third-order valence-corrected chi connectivity index (χ3v) is 3.43. The summed E-state index contributed by atoms with van der Waals surface area (Å²) < 4.78 is -0.232. The largest absolute Gasteiger partial charge is 0.440 e. The van der Waals surface area contributed by atoms with E-state index in [9.17, 15) is 9.59 Å². The predicted octanol–water partition coefficient (Wildman–Crippen LogP) is 2.68. The van der Waals surface area contributed by atoms with Crippen LogP contribution in [-0.2, 0) is 4.84 Å². The zero-order chi connectivity index (χ0) is 14.3. The molecule has 0 unspecified atom stereocenters. The molecule has 1 aromatic rings. The first-order valence-electron chi connectivity index (χ1n) is 5.61. The van der Waals surface area contributed by atoms with Crippen LogP contribution < -0.4 is 5.32 Å². The second kappa shape index (κ2) is 6.94. The lowest BCUT2D eigenvalue weighted by Crippen LogP contribution is -2.30. The minimum absolute atomic E-state index is 0.232. The van der Waals surface area contributed by atoms with E-state index in [1.54, 1.807) is 42.1 Å². The fourth-order valence-corrected chi connectivity index (χ4v) is 1.18. The Balaban J connectivity index is 2.46.